The van der Waals surface area contributed by atoms with E-state index in [4.69, 9.17) is 15.6 Å². The summed E-state index contributed by atoms with van der Waals surface area (Å²) in [7, 11) is 0. The second kappa shape index (κ2) is 7.75. The van der Waals surface area contributed by atoms with Crippen molar-refractivity contribution in [1.29, 1.82) is 0 Å². The summed E-state index contributed by atoms with van der Waals surface area (Å²) in [4.78, 5) is 19.3. The number of nitrogens with zero attached hydrogens (tertiary/aromatic N) is 2. The molecule has 3 N–H and O–H groups in total. The van der Waals surface area contributed by atoms with Gasteiger partial charge in [0.2, 0.25) is 5.95 Å². The molecule has 0 radical (unpaired) electrons. The normalized spacial score (nSPS) is 24.2. The van der Waals surface area contributed by atoms with Gasteiger partial charge in [0.25, 0.3) is 5.56 Å². The average Bonchev–Trinajstić information content (AvgIpc) is 2.98. The molecule has 2 aliphatic carbocycles. The topological polar surface area (TPSA) is 82.2 Å². The third-order valence-corrected chi connectivity index (χ3v) is 7.67. The van der Waals surface area contributed by atoms with Crippen molar-refractivity contribution in [1.82, 2.24) is 9.55 Å². The lowest BCUT2D eigenvalue weighted by Crippen LogP contribution is -2.45. The van der Waals surface area contributed by atoms with Crippen molar-refractivity contribution in [3.05, 3.63) is 45.7 Å². The van der Waals surface area contributed by atoms with E-state index in [1.165, 1.54) is 31.2 Å². The molecule has 1 saturated carbocycles. The zero-order valence-electron chi connectivity index (χ0n) is 18.7. The summed E-state index contributed by atoms with van der Waals surface area (Å²) < 4.78 is 7.78. The summed E-state index contributed by atoms with van der Waals surface area (Å²) in [5.74, 6) is 6.40. The Kier molecular flexibility index (Phi) is 5.18. The highest BCUT2D eigenvalue weighted by Crippen LogP contribution is 2.48. The molecule has 166 valence electrons. The van der Waals surface area contributed by atoms with Crippen molar-refractivity contribution in [3.63, 3.8) is 0 Å². The van der Waals surface area contributed by atoms with Crippen molar-refractivity contribution in [2.45, 2.75) is 88.7 Å². The lowest BCUT2D eigenvalue weighted by molar-refractivity contribution is -0.0694. The van der Waals surface area contributed by atoms with Gasteiger partial charge in [-0.05, 0) is 51.5 Å². The molecular formula is C25H34N4O2. The maximum atomic E-state index is 14.3. The van der Waals surface area contributed by atoms with Crippen LogP contribution in [0.4, 0.5) is 5.95 Å². The molecule has 5 rings (SSSR count). The molecule has 2 fully saturated rings. The van der Waals surface area contributed by atoms with Gasteiger partial charge in [0.1, 0.15) is 0 Å². The summed E-state index contributed by atoms with van der Waals surface area (Å²) >= 11 is 0. The number of nitrogens with two attached hydrogens (primary N) is 1. The number of rotatable bonds is 2. The first-order chi connectivity index (χ1) is 14.9. The highest BCUT2D eigenvalue weighted by Gasteiger charge is 2.44. The molecule has 1 saturated heterocycles. The molecule has 31 heavy (non-hydrogen) atoms. The largest absolute Gasteiger partial charge is 0.375 e. The molecule has 1 aromatic heterocycles. The van der Waals surface area contributed by atoms with Crippen LogP contribution < -0.4 is 16.8 Å². The molecule has 3 aliphatic rings. The van der Waals surface area contributed by atoms with Crippen LogP contribution in [-0.4, -0.2) is 21.8 Å². The van der Waals surface area contributed by atoms with E-state index in [-0.39, 0.29) is 22.6 Å². The number of aromatic nitrogens is 2. The standard InChI is InChI=1S/C25H34N4O2/c1-24(2)16-18(11-14-31-24)29-22(30)20-21(27-23(29)28-26)19-10-6-5-9-17(19)15-25(20)12-7-3-4-8-13-25/h5-6,9-10,18H,3-4,7-8,11-16,26H2,1-2H3,(H,27,28). The molecule has 1 atom stereocenters. The predicted octanol–water partition coefficient (Wildman–Crippen LogP) is 4.47. The van der Waals surface area contributed by atoms with E-state index in [9.17, 15) is 4.79 Å². The number of ether oxygens (including phenoxy) is 1. The van der Waals surface area contributed by atoms with Crippen molar-refractivity contribution in [2.24, 2.45) is 5.84 Å². The molecule has 1 aromatic carbocycles. The van der Waals surface area contributed by atoms with Crippen LogP contribution >= 0.6 is 0 Å². The molecular weight excluding hydrogens is 388 g/mol. The first-order valence-corrected chi connectivity index (χ1v) is 11.8. The lowest BCUT2D eigenvalue weighted by Gasteiger charge is -2.41. The van der Waals surface area contributed by atoms with Crippen molar-refractivity contribution in [3.8, 4) is 11.3 Å². The van der Waals surface area contributed by atoms with Gasteiger partial charge < -0.3 is 4.74 Å². The first kappa shape index (κ1) is 20.7. The quantitative estimate of drug-likeness (QED) is 0.551. The Balaban J connectivity index is 1.75. The summed E-state index contributed by atoms with van der Waals surface area (Å²) in [5, 5.41) is 0. The number of nitrogens with one attached hydrogen (secondary N) is 1. The second-order valence-electron chi connectivity index (χ2n) is 10.3. The maximum Gasteiger partial charge on any atom is 0.259 e. The van der Waals surface area contributed by atoms with Crippen LogP contribution in [0.15, 0.2) is 29.1 Å². The number of fused-ring (bicyclic) bond motifs is 4. The molecule has 2 aromatic rings. The third-order valence-electron chi connectivity index (χ3n) is 7.67. The zero-order valence-corrected chi connectivity index (χ0v) is 18.7. The van der Waals surface area contributed by atoms with Crippen molar-refractivity contribution in [2.75, 3.05) is 12.0 Å². The first-order valence-electron chi connectivity index (χ1n) is 11.8. The third kappa shape index (κ3) is 3.50. The van der Waals surface area contributed by atoms with Crippen molar-refractivity contribution < 1.29 is 4.74 Å². The van der Waals surface area contributed by atoms with Gasteiger partial charge in [-0.2, -0.15) is 0 Å². The predicted molar refractivity (Wildman–Crippen MR) is 123 cm³/mol. The van der Waals surface area contributed by atoms with E-state index in [1.807, 2.05) is 10.6 Å². The van der Waals surface area contributed by atoms with Crippen LogP contribution in [0.1, 0.15) is 82.4 Å². The van der Waals surface area contributed by atoms with E-state index < -0.39 is 0 Å². The van der Waals surface area contributed by atoms with E-state index in [0.29, 0.717) is 12.6 Å². The van der Waals surface area contributed by atoms with Gasteiger partial charge in [-0.15, -0.1) is 0 Å². The molecule has 2 heterocycles. The van der Waals surface area contributed by atoms with Gasteiger partial charge in [0.15, 0.2) is 0 Å². The Morgan fingerprint density at radius 3 is 2.61 bits per heavy atom. The van der Waals surface area contributed by atoms with Crippen LogP contribution in [0, 0.1) is 0 Å². The molecule has 6 nitrogen and oxygen atoms in total. The smallest absolute Gasteiger partial charge is 0.259 e. The van der Waals surface area contributed by atoms with E-state index in [0.717, 1.165) is 48.9 Å². The Labute approximate surface area is 184 Å². The number of hydrogen-bond donors (Lipinski definition) is 2. The lowest BCUT2D eigenvalue weighted by atomic mass is 9.65. The molecule has 0 amide bonds. The minimum absolute atomic E-state index is 0.0279. The van der Waals surface area contributed by atoms with Gasteiger partial charge >= 0.3 is 0 Å². The number of benzene rings is 1. The Morgan fingerprint density at radius 2 is 1.90 bits per heavy atom. The van der Waals surface area contributed by atoms with Gasteiger partial charge in [0.05, 0.1) is 16.9 Å². The zero-order chi connectivity index (χ0) is 21.6. The van der Waals surface area contributed by atoms with E-state index in [2.05, 4.69) is 37.5 Å². The number of nitrogen functional groups attached to an aromatic ring is 1. The van der Waals surface area contributed by atoms with Crippen LogP contribution in [0.5, 0.6) is 0 Å². The van der Waals surface area contributed by atoms with E-state index in [1.54, 1.807) is 0 Å². The maximum absolute atomic E-state index is 14.3. The Morgan fingerprint density at radius 1 is 1.16 bits per heavy atom. The minimum atomic E-state index is -0.267. The minimum Gasteiger partial charge on any atom is -0.375 e. The number of hydrogen-bond acceptors (Lipinski definition) is 5. The summed E-state index contributed by atoms with van der Waals surface area (Å²) in [6.07, 6.45) is 9.44. The Bertz CT molecular complexity index is 1030. The SMILES string of the molecule is CC1(C)CC(n2c(NN)nc3c(c2=O)C2(CCCCCC2)Cc2ccccc2-3)CCO1. The van der Waals surface area contributed by atoms with E-state index >= 15 is 0 Å². The van der Waals surface area contributed by atoms with Crippen LogP contribution in [0.3, 0.4) is 0 Å². The van der Waals surface area contributed by atoms with Crippen LogP contribution in [0.25, 0.3) is 11.3 Å². The van der Waals surface area contributed by atoms with Gasteiger partial charge in [0, 0.05) is 23.6 Å². The molecule has 6 heteroatoms. The fourth-order valence-electron chi connectivity index (χ4n) is 6.26. The second-order valence-corrected chi connectivity index (χ2v) is 10.3. The van der Waals surface area contributed by atoms with Gasteiger partial charge in [-0.25, -0.2) is 10.8 Å². The summed E-state index contributed by atoms with van der Waals surface area (Å²) in [6.45, 7) is 4.82. The van der Waals surface area contributed by atoms with Crippen LogP contribution in [-0.2, 0) is 16.6 Å². The van der Waals surface area contributed by atoms with Gasteiger partial charge in [-0.1, -0.05) is 49.9 Å². The highest BCUT2D eigenvalue weighted by molar-refractivity contribution is 5.72. The highest BCUT2D eigenvalue weighted by atomic mass is 16.5. The molecule has 1 aliphatic heterocycles. The summed E-state index contributed by atoms with van der Waals surface area (Å²) in [5.41, 5.74) is 6.61. The Hall–Kier alpha value is -2.18. The summed E-state index contributed by atoms with van der Waals surface area (Å²) in [6, 6.07) is 8.47. The van der Waals surface area contributed by atoms with Gasteiger partial charge in [-0.3, -0.25) is 14.8 Å². The van der Waals surface area contributed by atoms with Crippen molar-refractivity contribution >= 4 is 5.95 Å². The fraction of sp³-hybridized carbons (Fsp3) is 0.600. The number of hydrazine groups is 1. The average molecular weight is 423 g/mol. The number of anilines is 1. The molecule has 1 unspecified atom stereocenters. The molecule has 1 spiro atoms. The van der Waals surface area contributed by atoms with Crippen LogP contribution in [0.2, 0.25) is 0 Å². The fourth-order valence-corrected chi connectivity index (χ4v) is 6.26. The monoisotopic (exact) mass is 422 g/mol. The molecule has 0 bridgehead atoms.